The lowest BCUT2D eigenvalue weighted by Crippen LogP contribution is -2.36. The van der Waals surface area contributed by atoms with Crippen LogP contribution in [0, 0.1) is 13.8 Å². The highest BCUT2D eigenvalue weighted by Crippen LogP contribution is 2.40. The van der Waals surface area contributed by atoms with E-state index in [0.29, 0.717) is 12.8 Å². The first-order valence-corrected chi connectivity index (χ1v) is 9.46. The fourth-order valence-corrected chi connectivity index (χ4v) is 3.08. The number of unbranched alkanes of at least 4 members (excludes halogenated alkanes) is 2. The van der Waals surface area contributed by atoms with Crippen LogP contribution in [-0.2, 0) is 12.8 Å². The summed E-state index contributed by atoms with van der Waals surface area (Å²) in [5, 5.41) is 0. The van der Waals surface area contributed by atoms with Gasteiger partial charge in [-0.25, -0.2) is 0 Å². The average Bonchev–Trinajstić information content (AvgIpc) is 2.56. The standard InChI is InChI=1S/C20H24F10/c1-13-11-16(8-4-6-10-18(23,24)20(28,29)30)14(2)12-15(13)7-3-5-9-17(21,22)19(25,26)27/h11-12H,3-10H2,1-2H3. The van der Waals surface area contributed by atoms with E-state index < -0.39 is 37.0 Å². The molecular formula is C20H24F10. The van der Waals surface area contributed by atoms with Gasteiger partial charge in [0, 0.05) is 12.8 Å². The van der Waals surface area contributed by atoms with Crippen LogP contribution in [-0.4, -0.2) is 24.2 Å². The molecule has 0 bridgehead atoms. The first kappa shape index (κ1) is 26.6. The smallest absolute Gasteiger partial charge is 0.196 e. The molecule has 0 aromatic heterocycles. The van der Waals surface area contributed by atoms with Crippen molar-refractivity contribution in [1.29, 1.82) is 0 Å². The first-order chi connectivity index (χ1) is 13.5. The van der Waals surface area contributed by atoms with Crippen molar-refractivity contribution in [2.24, 2.45) is 0 Å². The quantitative estimate of drug-likeness (QED) is 0.247. The first-order valence-electron chi connectivity index (χ1n) is 9.46. The number of hydrogen-bond acceptors (Lipinski definition) is 0. The summed E-state index contributed by atoms with van der Waals surface area (Å²) in [5.41, 5.74) is 3.07. The monoisotopic (exact) mass is 454 g/mol. The van der Waals surface area contributed by atoms with Crippen LogP contribution in [0.25, 0.3) is 0 Å². The molecule has 0 aliphatic carbocycles. The molecule has 0 nitrogen and oxygen atoms in total. The van der Waals surface area contributed by atoms with Gasteiger partial charge in [-0.15, -0.1) is 0 Å². The van der Waals surface area contributed by atoms with Gasteiger partial charge in [-0.05, 0) is 74.6 Å². The van der Waals surface area contributed by atoms with Crippen molar-refractivity contribution < 1.29 is 43.9 Å². The topological polar surface area (TPSA) is 0 Å². The molecule has 0 amide bonds. The molecular weight excluding hydrogens is 430 g/mol. The Bertz CT molecular complexity index is 626. The summed E-state index contributed by atoms with van der Waals surface area (Å²) in [6.45, 7) is 3.45. The van der Waals surface area contributed by atoms with Crippen LogP contribution in [0.2, 0.25) is 0 Å². The van der Waals surface area contributed by atoms with Crippen LogP contribution in [0.1, 0.15) is 60.8 Å². The second-order valence-electron chi connectivity index (χ2n) is 7.52. The Morgan fingerprint density at radius 1 is 0.533 bits per heavy atom. The lowest BCUT2D eigenvalue weighted by molar-refractivity contribution is -0.284. The van der Waals surface area contributed by atoms with E-state index in [0.717, 1.165) is 22.3 Å². The van der Waals surface area contributed by atoms with E-state index in [1.165, 1.54) is 0 Å². The molecule has 0 atom stereocenters. The minimum absolute atomic E-state index is 0.137. The summed E-state index contributed by atoms with van der Waals surface area (Å²) in [5.74, 6) is -9.44. The highest BCUT2D eigenvalue weighted by atomic mass is 19.4. The Balaban J connectivity index is 2.56. The maximum absolute atomic E-state index is 12.9. The normalized spacial score (nSPS) is 13.7. The van der Waals surface area contributed by atoms with Gasteiger partial charge in [0.1, 0.15) is 0 Å². The molecule has 1 rings (SSSR count). The average molecular weight is 454 g/mol. The molecule has 0 radical (unpaired) electrons. The van der Waals surface area contributed by atoms with E-state index in [1.54, 1.807) is 26.0 Å². The zero-order valence-corrected chi connectivity index (χ0v) is 16.6. The van der Waals surface area contributed by atoms with E-state index in [9.17, 15) is 43.9 Å². The largest absolute Gasteiger partial charge is 0.453 e. The van der Waals surface area contributed by atoms with E-state index in [1.807, 2.05) is 0 Å². The third-order valence-electron chi connectivity index (χ3n) is 5.00. The van der Waals surface area contributed by atoms with Crippen molar-refractivity contribution >= 4 is 0 Å². The number of hydrogen-bond donors (Lipinski definition) is 0. The summed E-state index contributed by atoms with van der Waals surface area (Å²) in [7, 11) is 0. The predicted molar refractivity (Wildman–Crippen MR) is 93.0 cm³/mol. The maximum atomic E-state index is 12.9. The Hall–Kier alpha value is -1.48. The van der Waals surface area contributed by atoms with Gasteiger partial charge >= 0.3 is 24.2 Å². The SMILES string of the molecule is Cc1cc(CCCCC(F)(F)C(F)(F)F)c(C)cc1CCCCC(F)(F)C(F)(F)F. The van der Waals surface area contributed by atoms with Gasteiger partial charge in [0.05, 0.1) is 0 Å². The number of benzene rings is 1. The van der Waals surface area contributed by atoms with Crippen LogP contribution in [0.3, 0.4) is 0 Å². The zero-order chi connectivity index (χ0) is 23.4. The minimum atomic E-state index is -5.56. The van der Waals surface area contributed by atoms with Crippen LogP contribution < -0.4 is 0 Å². The Kier molecular flexibility index (Phi) is 8.64. The van der Waals surface area contributed by atoms with Crippen molar-refractivity contribution in [2.45, 2.75) is 89.4 Å². The molecule has 0 aliphatic rings. The van der Waals surface area contributed by atoms with Gasteiger partial charge in [0.15, 0.2) is 0 Å². The summed E-state index contributed by atoms with van der Waals surface area (Å²) in [6.07, 6.45) is -13.4. The van der Waals surface area contributed by atoms with Gasteiger partial charge < -0.3 is 0 Å². The summed E-state index contributed by atoms with van der Waals surface area (Å²) in [4.78, 5) is 0. The fourth-order valence-electron chi connectivity index (χ4n) is 3.08. The molecule has 0 fully saturated rings. The second-order valence-corrected chi connectivity index (χ2v) is 7.52. The van der Waals surface area contributed by atoms with Gasteiger partial charge in [0.2, 0.25) is 0 Å². The summed E-state index contributed by atoms with van der Waals surface area (Å²) < 4.78 is 125. The Labute approximate surface area is 168 Å². The molecule has 174 valence electrons. The molecule has 0 aliphatic heterocycles. The van der Waals surface area contributed by atoms with E-state index >= 15 is 0 Å². The molecule has 0 heterocycles. The molecule has 0 saturated carbocycles. The van der Waals surface area contributed by atoms with Gasteiger partial charge in [-0.3, -0.25) is 0 Å². The lowest BCUT2D eigenvalue weighted by Gasteiger charge is -2.19. The van der Waals surface area contributed by atoms with Crippen molar-refractivity contribution in [1.82, 2.24) is 0 Å². The van der Waals surface area contributed by atoms with Crippen molar-refractivity contribution in [3.05, 3.63) is 34.4 Å². The number of halogens is 10. The number of rotatable bonds is 10. The van der Waals surface area contributed by atoms with Crippen molar-refractivity contribution in [3.63, 3.8) is 0 Å². The third-order valence-corrected chi connectivity index (χ3v) is 5.00. The summed E-state index contributed by atoms with van der Waals surface area (Å²) >= 11 is 0. The zero-order valence-electron chi connectivity index (χ0n) is 16.6. The van der Waals surface area contributed by atoms with Crippen LogP contribution in [0.15, 0.2) is 12.1 Å². The van der Waals surface area contributed by atoms with Gasteiger partial charge in [-0.1, -0.05) is 12.1 Å². The second kappa shape index (κ2) is 9.77. The fraction of sp³-hybridized carbons (Fsp3) is 0.700. The maximum Gasteiger partial charge on any atom is 0.453 e. The molecule has 0 spiro atoms. The van der Waals surface area contributed by atoms with Gasteiger partial charge in [0.25, 0.3) is 0 Å². The Morgan fingerprint density at radius 3 is 1.10 bits per heavy atom. The predicted octanol–water partition coefficient (Wildman–Crippen LogP) is 8.12. The molecule has 0 saturated heterocycles. The minimum Gasteiger partial charge on any atom is -0.196 e. The molecule has 0 N–H and O–H groups in total. The molecule has 0 unspecified atom stereocenters. The molecule has 1 aromatic carbocycles. The van der Waals surface area contributed by atoms with E-state index in [-0.39, 0.29) is 25.7 Å². The lowest BCUT2D eigenvalue weighted by atomic mass is 9.93. The molecule has 1 aromatic rings. The third kappa shape index (κ3) is 7.34. The van der Waals surface area contributed by atoms with E-state index in [2.05, 4.69) is 0 Å². The molecule has 30 heavy (non-hydrogen) atoms. The van der Waals surface area contributed by atoms with Crippen LogP contribution >= 0.6 is 0 Å². The van der Waals surface area contributed by atoms with Crippen molar-refractivity contribution in [3.8, 4) is 0 Å². The highest BCUT2D eigenvalue weighted by Gasteiger charge is 2.57. The summed E-state index contributed by atoms with van der Waals surface area (Å²) in [6, 6.07) is 3.49. The molecule has 10 heteroatoms. The van der Waals surface area contributed by atoms with Crippen LogP contribution in [0.5, 0.6) is 0 Å². The number of aryl methyl sites for hydroxylation is 4. The Morgan fingerprint density at radius 2 is 0.833 bits per heavy atom. The van der Waals surface area contributed by atoms with Crippen LogP contribution in [0.4, 0.5) is 43.9 Å². The number of alkyl halides is 10. The van der Waals surface area contributed by atoms with Gasteiger partial charge in [-0.2, -0.15) is 43.9 Å². The highest BCUT2D eigenvalue weighted by molar-refractivity contribution is 5.37. The van der Waals surface area contributed by atoms with E-state index in [4.69, 9.17) is 0 Å². The van der Waals surface area contributed by atoms with Crippen molar-refractivity contribution in [2.75, 3.05) is 0 Å².